The van der Waals surface area contributed by atoms with Crippen molar-refractivity contribution in [3.63, 3.8) is 0 Å². The predicted molar refractivity (Wildman–Crippen MR) is 118 cm³/mol. The van der Waals surface area contributed by atoms with Crippen LogP contribution in [0.5, 0.6) is 11.8 Å². The first-order valence-corrected chi connectivity index (χ1v) is 9.90. The van der Waals surface area contributed by atoms with E-state index in [-0.39, 0.29) is 11.9 Å². The number of aryl methyl sites for hydroxylation is 2. The Morgan fingerprint density at radius 2 is 1.94 bits per heavy atom. The molecule has 1 N–H and O–H groups in total. The van der Waals surface area contributed by atoms with Crippen molar-refractivity contribution >= 4 is 11.6 Å². The molecular formula is C24H21N5O2. The molecule has 0 saturated heterocycles. The SMILES string of the molecule is CCc1ccc(C(=O)Nc2ccc(C)c(Oc3nccc(-c4cccnc4)n3)c2)nc1. The summed E-state index contributed by atoms with van der Waals surface area (Å²) in [6.45, 7) is 3.96. The zero-order valence-corrected chi connectivity index (χ0v) is 17.2. The molecule has 4 rings (SSSR count). The smallest absolute Gasteiger partial charge is 0.322 e. The van der Waals surface area contributed by atoms with Gasteiger partial charge in [0.2, 0.25) is 0 Å². The first-order valence-electron chi connectivity index (χ1n) is 9.90. The van der Waals surface area contributed by atoms with Crippen LogP contribution in [0.15, 0.2) is 73.3 Å². The number of rotatable bonds is 6. The number of hydrogen-bond acceptors (Lipinski definition) is 6. The highest BCUT2D eigenvalue weighted by Crippen LogP contribution is 2.27. The summed E-state index contributed by atoms with van der Waals surface area (Å²) in [5.41, 5.74) is 4.49. The number of hydrogen-bond donors (Lipinski definition) is 1. The lowest BCUT2D eigenvalue weighted by atomic mass is 10.2. The fourth-order valence-electron chi connectivity index (χ4n) is 2.91. The first-order chi connectivity index (χ1) is 15.1. The second-order valence-corrected chi connectivity index (χ2v) is 6.91. The van der Waals surface area contributed by atoms with E-state index >= 15 is 0 Å². The Hall–Kier alpha value is -4.13. The summed E-state index contributed by atoms with van der Waals surface area (Å²) in [7, 11) is 0. The van der Waals surface area contributed by atoms with Gasteiger partial charge in [0.1, 0.15) is 11.4 Å². The molecule has 3 heterocycles. The highest BCUT2D eigenvalue weighted by atomic mass is 16.5. The number of anilines is 1. The predicted octanol–water partition coefficient (Wildman–Crippen LogP) is 4.85. The second kappa shape index (κ2) is 9.13. The van der Waals surface area contributed by atoms with Crippen LogP contribution in [0.3, 0.4) is 0 Å². The summed E-state index contributed by atoms with van der Waals surface area (Å²) in [6, 6.07) is 14.8. The molecule has 7 nitrogen and oxygen atoms in total. The third-order valence-corrected chi connectivity index (χ3v) is 4.70. The summed E-state index contributed by atoms with van der Waals surface area (Å²) >= 11 is 0. The molecule has 0 unspecified atom stereocenters. The molecule has 0 atom stereocenters. The Labute approximate surface area is 180 Å². The minimum absolute atomic E-state index is 0.213. The summed E-state index contributed by atoms with van der Waals surface area (Å²) in [5, 5.41) is 2.86. The zero-order valence-electron chi connectivity index (χ0n) is 17.2. The van der Waals surface area contributed by atoms with Gasteiger partial charge in [0.05, 0.1) is 5.69 Å². The summed E-state index contributed by atoms with van der Waals surface area (Å²) in [4.78, 5) is 29.5. The van der Waals surface area contributed by atoms with Crippen LogP contribution < -0.4 is 10.1 Å². The van der Waals surface area contributed by atoms with Crippen molar-refractivity contribution in [1.82, 2.24) is 19.9 Å². The van der Waals surface area contributed by atoms with Crippen molar-refractivity contribution in [3.05, 3.63) is 90.1 Å². The molecule has 0 bridgehead atoms. The Kier molecular flexibility index (Phi) is 5.93. The van der Waals surface area contributed by atoms with Crippen molar-refractivity contribution < 1.29 is 9.53 Å². The van der Waals surface area contributed by atoms with Crippen molar-refractivity contribution in [2.75, 3.05) is 5.32 Å². The molecule has 0 aliphatic carbocycles. The molecule has 4 aromatic rings. The Morgan fingerprint density at radius 3 is 2.68 bits per heavy atom. The maximum absolute atomic E-state index is 12.5. The number of ether oxygens (including phenoxy) is 1. The third-order valence-electron chi connectivity index (χ3n) is 4.70. The molecule has 0 spiro atoms. The number of nitrogens with one attached hydrogen (secondary N) is 1. The van der Waals surface area contributed by atoms with Gasteiger partial charge in [-0.15, -0.1) is 0 Å². The average Bonchev–Trinajstić information content (AvgIpc) is 2.82. The monoisotopic (exact) mass is 411 g/mol. The molecule has 0 radical (unpaired) electrons. The maximum Gasteiger partial charge on any atom is 0.322 e. The van der Waals surface area contributed by atoms with E-state index in [0.717, 1.165) is 23.1 Å². The van der Waals surface area contributed by atoms with E-state index in [1.54, 1.807) is 43.0 Å². The van der Waals surface area contributed by atoms with Crippen LogP contribution in [0.4, 0.5) is 5.69 Å². The van der Waals surface area contributed by atoms with Crippen LogP contribution in [0.25, 0.3) is 11.3 Å². The molecule has 0 saturated carbocycles. The normalized spacial score (nSPS) is 10.5. The van der Waals surface area contributed by atoms with Crippen molar-refractivity contribution in [3.8, 4) is 23.0 Å². The molecule has 31 heavy (non-hydrogen) atoms. The number of pyridine rings is 2. The number of amides is 1. The minimum atomic E-state index is -0.285. The van der Waals surface area contributed by atoms with Crippen LogP contribution in [-0.4, -0.2) is 25.8 Å². The Morgan fingerprint density at radius 1 is 1.03 bits per heavy atom. The van der Waals surface area contributed by atoms with Gasteiger partial charge < -0.3 is 10.1 Å². The number of carbonyl (C=O) groups is 1. The lowest BCUT2D eigenvalue weighted by Crippen LogP contribution is -2.13. The van der Waals surface area contributed by atoms with Crippen LogP contribution in [0.1, 0.15) is 28.5 Å². The van der Waals surface area contributed by atoms with E-state index in [1.165, 1.54) is 0 Å². The van der Waals surface area contributed by atoms with Gasteiger partial charge in [-0.1, -0.05) is 19.1 Å². The third kappa shape index (κ3) is 4.90. The maximum atomic E-state index is 12.5. The number of benzene rings is 1. The standard InChI is InChI=1S/C24H21N5O2/c1-3-17-7-9-21(27-14-17)23(30)28-19-8-6-16(2)22(13-19)31-24-26-12-10-20(29-24)18-5-4-11-25-15-18/h4-15H,3H2,1-2H3,(H,28,30). The molecule has 0 aliphatic rings. The average molecular weight is 411 g/mol. The Bertz CT molecular complexity index is 1190. The molecule has 0 fully saturated rings. The quantitative estimate of drug-likeness (QED) is 0.488. The molecule has 1 aromatic carbocycles. The van der Waals surface area contributed by atoms with Gasteiger partial charge in [0.15, 0.2) is 0 Å². The van der Waals surface area contributed by atoms with Gasteiger partial charge in [-0.05, 0) is 54.8 Å². The highest BCUT2D eigenvalue weighted by molar-refractivity contribution is 6.02. The summed E-state index contributed by atoms with van der Waals surface area (Å²) in [6.07, 6.45) is 7.66. The molecule has 0 aliphatic heterocycles. The van der Waals surface area contributed by atoms with Crippen LogP contribution >= 0.6 is 0 Å². The lowest BCUT2D eigenvalue weighted by molar-refractivity contribution is 0.102. The summed E-state index contributed by atoms with van der Waals surface area (Å²) < 4.78 is 5.92. The van der Waals surface area contributed by atoms with Crippen molar-refractivity contribution in [2.24, 2.45) is 0 Å². The molecule has 7 heteroatoms. The fraction of sp³-hybridized carbons (Fsp3) is 0.125. The minimum Gasteiger partial charge on any atom is -0.424 e. The van der Waals surface area contributed by atoms with E-state index in [4.69, 9.17) is 4.74 Å². The van der Waals surface area contributed by atoms with E-state index in [1.807, 2.05) is 44.2 Å². The summed E-state index contributed by atoms with van der Waals surface area (Å²) in [5.74, 6) is 0.266. The first kappa shape index (κ1) is 20.2. The number of nitrogens with zero attached hydrogens (tertiary/aromatic N) is 4. The van der Waals surface area contributed by atoms with Gasteiger partial charge >= 0.3 is 6.01 Å². The van der Waals surface area contributed by atoms with Crippen LogP contribution in [0.2, 0.25) is 0 Å². The van der Waals surface area contributed by atoms with Gasteiger partial charge in [-0.2, -0.15) is 4.98 Å². The van der Waals surface area contributed by atoms with Gasteiger partial charge in [-0.25, -0.2) is 4.98 Å². The van der Waals surface area contributed by atoms with Crippen LogP contribution in [0, 0.1) is 6.92 Å². The van der Waals surface area contributed by atoms with E-state index in [0.29, 0.717) is 22.8 Å². The topological polar surface area (TPSA) is 89.9 Å². The van der Waals surface area contributed by atoms with Crippen LogP contribution in [-0.2, 0) is 6.42 Å². The fourth-order valence-corrected chi connectivity index (χ4v) is 2.91. The van der Waals surface area contributed by atoms with E-state index in [2.05, 4.69) is 25.3 Å². The molecule has 1 amide bonds. The van der Waals surface area contributed by atoms with Crippen molar-refractivity contribution in [2.45, 2.75) is 20.3 Å². The van der Waals surface area contributed by atoms with Gasteiger partial charge in [0.25, 0.3) is 5.91 Å². The molecule has 154 valence electrons. The van der Waals surface area contributed by atoms with Gasteiger partial charge in [-0.3, -0.25) is 14.8 Å². The highest BCUT2D eigenvalue weighted by Gasteiger charge is 2.11. The van der Waals surface area contributed by atoms with E-state index < -0.39 is 0 Å². The second-order valence-electron chi connectivity index (χ2n) is 6.91. The van der Waals surface area contributed by atoms with E-state index in [9.17, 15) is 4.79 Å². The Balaban J connectivity index is 1.52. The largest absolute Gasteiger partial charge is 0.424 e. The molecule has 3 aromatic heterocycles. The lowest BCUT2D eigenvalue weighted by Gasteiger charge is -2.11. The molecular weight excluding hydrogens is 390 g/mol. The van der Waals surface area contributed by atoms with Gasteiger partial charge in [0, 0.05) is 42.1 Å². The van der Waals surface area contributed by atoms with Crippen molar-refractivity contribution in [1.29, 1.82) is 0 Å². The number of aromatic nitrogens is 4. The number of carbonyl (C=O) groups excluding carboxylic acids is 1. The zero-order chi connectivity index (χ0) is 21.6.